The molecule has 1 unspecified atom stereocenters. The monoisotopic (exact) mass is 247 g/mol. The van der Waals surface area contributed by atoms with Crippen LogP contribution in [0.1, 0.15) is 12.7 Å². The Morgan fingerprint density at radius 2 is 2.22 bits per heavy atom. The average molecular weight is 247 g/mol. The van der Waals surface area contributed by atoms with Gasteiger partial charge in [0.2, 0.25) is 0 Å². The van der Waals surface area contributed by atoms with Crippen LogP contribution < -0.4 is 16.4 Å². The van der Waals surface area contributed by atoms with E-state index >= 15 is 0 Å². The van der Waals surface area contributed by atoms with Crippen molar-refractivity contribution in [3.8, 4) is 0 Å². The van der Waals surface area contributed by atoms with Gasteiger partial charge in [0.15, 0.2) is 0 Å². The van der Waals surface area contributed by atoms with Gasteiger partial charge in [-0.3, -0.25) is 0 Å². The third kappa shape index (κ3) is 3.46. The number of nitrogens with two attached hydrogens (primary N) is 1. The fourth-order valence-electron chi connectivity index (χ4n) is 1.44. The Labute approximate surface area is 106 Å². The molecule has 6 heteroatoms. The number of nitrogens with one attached hydrogen (secondary N) is 2. The fourth-order valence-corrected chi connectivity index (χ4v) is 1.44. The molecule has 2 aromatic rings. The van der Waals surface area contributed by atoms with Crippen molar-refractivity contribution in [1.29, 1.82) is 0 Å². The summed E-state index contributed by atoms with van der Waals surface area (Å²) >= 11 is 0. The Morgan fingerprint density at radius 1 is 1.39 bits per heavy atom. The van der Waals surface area contributed by atoms with Crippen LogP contribution in [0.25, 0.3) is 0 Å². The lowest BCUT2D eigenvalue weighted by atomic mass is 10.3. The highest BCUT2D eigenvalue weighted by atomic mass is 16.3. The second kappa shape index (κ2) is 6.02. The van der Waals surface area contributed by atoms with E-state index in [1.54, 1.807) is 6.26 Å². The van der Waals surface area contributed by atoms with Crippen LogP contribution in [0.15, 0.2) is 35.2 Å². The first-order chi connectivity index (χ1) is 8.78. The summed E-state index contributed by atoms with van der Waals surface area (Å²) in [6.45, 7) is 3.15. The van der Waals surface area contributed by atoms with Crippen LogP contribution in [0.5, 0.6) is 0 Å². The number of anilines is 2. The Hall–Kier alpha value is -2.08. The van der Waals surface area contributed by atoms with Crippen LogP contribution >= 0.6 is 0 Å². The van der Waals surface area contributed by atoms with Gasteiger partial charge in [-0.25, -0.2) is 9.97 Å². The smallest absolute Gasteiger partial charge is 0.131 e. The molecule has 0 saturated heterocycles. The lowest BCUT2D eigenvalue weighted by molar-refractivity contribution is 0.518. The maximum absolute atomic E-state index is 5.55. The molecule has 0 aliphatic rings. The molecule has 0 aliphatic heterocycles. The minimum Gasteiger partial charge on any atom is -0.467 e. The predicted molar refractivity (Wildman–Crippen MR) is 70.2 cm³/mol. The number of rotatable bonds is 6. The molecular formula is C12H17N5O. The highest BCUT2D eigenvalue weighted by molar-refractivity contribution is 5.46. The molecular weight excluding hydrogens is 230 g/mol. The molecule has 0 saturated carbocycles. The summed E-state index contributed by atoms with van der Waals surface area (Å²) in [6, 6.07) is 5.78. The number of nitrogens with zero attached hydrogens (tertiary/aromatic N) is 2. The SMILES string of the molecule is CC(CN)Nc1cc(NCc2ccco2)ncn1. The summed E-state index contributed by atoms with van der Waals surface area (Å²) in [5, 5.41) is 6.35. The minimum absolute atomic E-state index is 0.179. The maximum atomic E-state index is 5.55. The number of furan rings is 1. The van der Waals surface area contributed by atoms with E-state index in [0.717, 1.165) is 17.4 Å². The van der Waals surface area contributed by atoms with Gasteiger partial charge in [-0.2, -0.15) is 0 Å². The predicted octanol–water partition coefficient (Wildman–Crippen LogP) is 1.44. The van der Waals surface area contributed by atoms with Gasteiger partial charge in [0.25, 0.3) is 0 Å². The molecule has 18 heavy (non-hydrogen) atoms. The summed E-state index contributed by atoms with van der Waals surface area (Å²) < 4.78 is 5.23. The van der Waals surface area contributed by atoms with Crippen LogP contribution in [-0.4, -0.2) is 22.6 Å². The molecule has 0 aromatic carbocycles. The Bertz CT molecular complexity index is 471. The molecule has 0 spiro atoms. The molecule has 6 nitrogen and oxygen atoms in total. The standard InChI is InChI=1S/C12H17N5O/c1-9(6-13)17-12-5-11(15-8-16-12)14-7-10-3-2-4-18-10/h2-5,8-9H,6-7,13H2,1H3,(H2,14,15,16,17). The summed E-state index contributed by atoms with van der Waals surface area (Å²) in [5.74, 6) is 2.36. The van der Waals surface area contributed by atoms with E-state index in [9.17, 15) is 0 Å². The van der Waals surface area contributed by atoms with Gasteiger partial charge in [-0.1, -0.05) is 0 Å². The zero-order valence-corrected chi connectivity index (χ0v) is 10.3. The Morgan fingerprint density at radius 3 is 2.94 bits per heavy atom. The third-order valence-corrected chi connectivity index (χ3v) is 2.44. The van der Waals surface area contributed by atoms with E-state index in [1.165, 1.54) is 6.33 Å². The Balaban J connectivity index is 1.94. The Kier molecular flexibility index (Phi) is 4.14. The highest BCUT2D eigenvalue weighted by Gasteiger charge is 2.02. The molecule has 96 valence electrons. The first-order valence-electron chi connectivity index (χ1n) is 5.83. The molecule has 4 N–H and O–H groups in total. The molecule has 0 bridgehead atoms. The molecule has 0 fully saturated rings. The van der Waals surface area contributed by atoms with Crippen LogP contribution in [0.2, 0.25) is 0 Å². The van der Waals surface area contributed by atoms with Crippen molar-refractivity contribution in [3.63, 3.8) is 0 Å². The molecule has 0 amide bonds. The molecule has 1 atom stereocenters. The second-order valence-electron chi connectivity index (χ2n) is 4.00. The van der Waals surface area contributed by atoms with Crippen molar-refractivity contribution >= 4 is 11.6 Å². The fraction of sp³-hybridized carbons (Fsp3) is 0.333. The van der Waals surface area contributed by atoms with E-state index in [2.05, 4.69) is 20.6 Å². The third-order valence-electron chi connectivity index (χ3n) is 2.44. The highest BCUT2D eigenvalue weighted by Crippen LogP contribution is 2.11. The normalized spacial score (nSPS) is 12.1. The van der Waals surface area contributed by atoms with Gasteiger partial charge in [0.1, 0.15) is 23.7 Å². The topological polar surface area (TPSA) is 89.0 Å². The second-order valence-corrected chi connectivity index (χ2v) is 4.00. The van der Waals surface area contributed by atoms with E-state index < -0.39 is 0 Å². The molecule has 2 heterocycles. The van der Waals surface area contributed by atoms with Crippen molar-refractivity contribution in [2.24, 2.45) is 5.73 Å². The minimum atomic E-state index is 0.179. The van der Waals surface area contributed by atoms with Crippen molar-refractivity contribution in [2.45, 2.75) is 19.5 Å². The zero-order valence-electron chi connectivity index (χ0n) is 10.3. The number of aromatic nitrogens is 2. The van der Waals surface area contributed by atoms with Gasteiger partial charge in [-0.05, 0) is 19.1 Å². The maximum Gasteiger partial charge on any atom is 0.131 e. The molecule has 2 rings (SSSR count). The first-order valence-corrected chi connectivity index (χ1v) is 5.83. The van der Waals surface area contributed by atoms with E-state index in [1.807, 2.05) is 25.1 Å². The van der Waals surface area contributed by atoms with E-state index in [-0.39, 0.29) is 6.04 Å². The lowest BCUT2D eigenvalue weighted by Gasteiger charge is -2.12. The molecule has 0 aliphatic carbocycles. The van der Waals surface area contributed by atoms with Crippen LogP contribution in [0.4, 0.5) is 11.6 Å². The van der Waals surface area contributed by atoms with Crippen LogP contribution in [0.3, 0.4) is 0 Å². The first kappa shape index (κ1) is 12.4. The molecule has 2 aromatic heterocycles. The molecule has 0 radical (unpaired) electrons. The van der Waals surface area contributed by atoms with Gasteiger partial charge in [0.05, 0.1) is 12.8 Å². The van der Waals surface area contributed by atoms with Crippen molar-refractivity contribution in [2.75, 3.05) is 17.2 Å². The van der Waals surface area contributed by atoms with Gasteiger partial charge < -0.3 is 20.8 Å². The van der Waals surface area contributed by atoms with Gasteiger partial charge in [-0.15, -0.1) is 0 Å². The van der Waals surface area contributed by atoms with Crippen LogP contribution in [0, 0.1) is 0 Å². The summed E-state index contributed by atoms with van der Waals surface area (Å²) in [5.41, 5.74) is 5.55. The summed E-state index contributed by atoms with van der Waals surface area (Å²) in [7, 11) is 0. The average Bonchev–Trinajstić information content (AvgIpc) is 2.90. The summed E-state index contributed by atoms with van der Waals surface area (Å²) in [6.07, 6.45) is 3.16. The van der Waals surface area contributed by atoms with Crippen molar-refractivity contribution in [3.05, 3.63) is 36.5 Å². The van der Waals surface area contributed by atoms with Crippen molar-refractivity contribution < 1.29 is 4.42 Å². The van der Waals surface area contributed by atoms with Crippen LogP contribution in [-0.2, 0) is 6.54 Å². The van der Waals surface area contributed by atoms with E-state index in [0.29, 0.717) is 13.1 Å². The zero-order chi connectivity index (χ0) is 12.8. The van der Waals surface area contributed by atoms with Gasteiger partial charge in [0, 0.05) is 18.7 Å². The number of hydrogen-bond acceptors (Lipinski definition) is 6. The van der Waals surface area contributed by atoms with E-state index in [4.69, 9.17) is 10.2 Å². The number of hydrogen-bond donors (Lipinski definition) is 3. The summed E-state index contributed by atoms with van der Waals surface area (Å²) in [4.78, 5) is 8.27. The van der Waals surface area contributed by atoms with Gasteiger partial charge >= 0.3 is 0 Å². The lowest BCUT2D eigenvalue weighted by Crippen LogP contribution is -2.25. The van der Waals surface area contributed by atoms with Crippen molar-refractivity contribution in [1.82, 2.24) is 9.97 Å². The largest absolute Gasteiger partial charge is 0.467 e. The quantitative estimate of drug-likeness (QED) is 0.715.